The molecule has 0 fully saturated rings. The monoisotopic (exact) mass is 352 g/mol. The minimum absolute atomic E-state index is 0.0163. The normalized spacial score (nSPS) is 12.3. The van der Waals surface area contributed by atoms with Crippen LogP contribution in [0.15, 0.2) is 17.0 Å². The van der Waals surface area contributed by atoms with E-state index in [1.807, 2.05) is 20.8 Å². The quantitative estimate of drug-likeness (QED) is 0.853. The van der Waals surface area contributed by atoms with Crippen molar-refractivity contribution in [2.45, 2.75) is 44.0 Å². The van der Waals surface area contributed by atoms with Gasteiger partial charge in [-0.25, -0.2) is 13.6 Å². The van der Waals surface area contributed by atoms with Crippen LogP contribution in [0.25, 0.3) is 0 Å². The van der Waals surface area contributed by atoms with Gasteiger partial charge in [0.05, 0.1) is 10.6 Å². The molecule has 1 rings (SSSR count). The predicted octanol–water partition coefficient (Wildman–Crippen LogP) is 2.95. The number of carbonyl (C=O) groups excluding carboxylic acids is 1. The van der Waals surface area contributed by atoms with Crippen molar-refractivity contribution in [2.75, 3.05) is 0 Å². The highest BCUT2D eigenvalue weighted by Crippen LogP contribution is 2.29. The third kappa shape index (κ3) is 4.85. The highest BCUT2D eigenvalue weighted by atomic mass is 35.5. The Hall–Kier alpha value is -0.820. The first-order valence-electron chi connectivity index (χ1n) is 6.32. The summed E-state index contributed by atoms with van der Waals surface area (Å²) in [4.78, 5) is 11.9. The van der Waals surface area contributed by atoms with Crippen molar-refractivity contribution in [3.05, 3.63) is 27.7 Å². The van der Waals surface area contributed by atoms with Crippen molar-refractivity contribution in [3.63, 3.8) is 0 Å². The molecule has 3 N–H and O–H groups in total. The molecule has 21 heavy (non-hydrogen) atoms. The van der Waals surface area contributed by atoms with Crippen LogP contribution in [-0.2, 0) is 10.0 Å². The summed E-state index contributed by atoms with van der Waals surface area (Å²) in [5.41, 5.74) is -0.462. The molecule has 0 bridgehead atoms. The zero-order valence-electron chi connectivity index (χ0n) is 12.0. The van der Waals surface area contributed by atoms with Gasteiger partial charge in [0.25, 0.3) is 5.91 Å². The Morgan fingerprint density at radius 3 is 2.38 bits per heavy atom. The molecule has 1 aromatic rings. The fourth-order valence-corrected chi connectivity index (χ4v) is 3.45. The number of hydrogen-bond donors (Lipinski definition) is 2. The first-order valence-corrected chi connectivity index (χ1v) is 8.62. The van der Waals surface area contributed by atoms with E-state index >= 15 is 0 Å². The second-order valence-electron chi connectivity index (χ2n) is 5.40. The highest BCUT2D eigenvalue weighted by molar-refractivity contribution is 7.89. The van der Waals surface area contributed by atoms with E-state index in [1.165, 1.54) is 6.07 Å². The molecule has 0 spiro atoms. The molecule has 118 valence electrons. The Bertz CT molecular complexity index is 658. The number of hydrogen-bond acceptors (Lipinski definition) is 3. The van der Waals surface area contributed by atoms with Crippen LogP contribution in [0, 0.1) is 0 Å². The maximum absolute atomic E-state index is 12.3. The van der Waals surface area contributed by atoms with Crippen LogP contribution in [0.5, 0.6) is 0 Å². The summed E-state index contributed by atoms with van der Waals surface area (Å²) in [5.74, 6) is -0.495. The average Bonchev–Trinajstić information content (AvgIpc) is 2.29. The van der Waals surface area contributed by atoms with Gasteiger partial charge in [0.1, 0.15) is 4.90 Å². The molecule has 0 aliphatic rings. The molecule has 1 aromatic carbocycles. The summed E-state index contributed by atoms with van der Waals surface area (Å²) in [6.07, 6.45) is 1.65. The molecule has 1 amide bonds. The van der Waals surface area contributed by atoms with E-state index in [1.54, 1.807) is 0 Å². The van der Waals surface area contributed by atoms with Crippen LogP contribution < -0.4 is 10.5 Å². The SMILES string of the molecule is CCCC(C)(C)NC(=O)c1cc(Cl)cc(S(N)(=O)=O)c1Cl. The summed E-state index contributed by atoms with van der Waals surface area (Å²) >= 11 is 11.8. The lowest BCUT2D eigenvalue weighted by Crippen LogP contribution is -2.43. The Kier molecular flexibility index (Phi) is 5.66. The number of carbonyl (C=O) groups is 1. The molecule has 5 nitrogen and oxygen atoms in total. The molecule has 0 saturated heterocycles. The number of primary sulfonamides is 1. The molecule has 8 heteroatoms. The first-order chi connectivity index (χ1) is 9.48. The van der Waals surface area contributed by atoms with Gasteiger partial charge < -0.3 is 5.32 Å². The zero-order chi connectivity index (χ0) is 16.4. The van der Waals surface area contributed by atoms with Crippen molar-refractivity contribution >= 4 is 39.1 Å². The van der Waals surface area contributed by atoms with Gasteiger partial charge in [-0.3, -0.25) is 4.79 Å². The predicted molar refractivity (Wildman–Crippen MR) is 84.3 cm³/mol. The van der Waals surface area contributed by atoms with Crippen LogP contribution in [-0.4, -0.2) is 19.9 Å². The van der Waals surface area contributed by atoms with E-state index in [0.717, 1.165) is 18.9 Å². The number of nitrogens with one attached hydrogen (secondary N) is 1. The van der Waals surface area contributed by atoms with E-state index in [-0.39, 0.29) is 20.5 Å². The summed E-state index contributed by atoms with van der Waals surface area (Å²) < 4.78 is 22.9. The van der Waals surface area contributed by atoms with Gasteiger partial charge in [0.15, 0.2) is 0 Å². The molecule has 0 aliphatic heterocycles. The fraction of sp³-hybridized carbons (Fsp3) is 0.462. The summed E-state index contributed by atoms with van der Waals surface area (Å²) in [6.45, 7) is 5.74. The maximum atomic E-state index is 12.3. The molecule has 0 aromatic heterocycles. The second-order valence-corrected chi connectivity index (χ2v) is 7.74. The van der Waals surface area contributed by atoms with Crippen molar-refractivity contribution in [2.24, 2.45) is 5.14 Å². The van der Waals surface area contributed by atoms with Gasteiger partial charge in [0, 0.05) is 10.6 Å². The minimum Gasteiger partial charge on any atom is -0.347 e. The van der Waals surface area contributed by atoms with Crippen LogP contribution in [0.3, 0.4) is 0 Å². The second kappa shape index (κ2) is 6.52. The van der Waals surface area contributed by atoms with E-state index < -0.39 is 21.5 Å². The van der Waals surface area contributed by atoms with Gasteiger partial charge in [0.2, 0.25) is 10.0 Å². The summed E-state index contributed by atoms with van der Waals surface area (Å²) in [7, 11) is -4.06. The van der Waals surface area contributed by atoms with Gasteiger partial charge in [-0.2, -0.15) is 0 Å². The third-order valence-corrected chi connectivity index (χ3v) is 4.55. The Labute approximate surface area is 134 Å². The van der Waals surface area contributed by atoms with Gasteiger partial charge in [-0.05, 0) is 32.4 Å². The number of halogens is 2. The molecule has 0 heterocycles. The lowest BCUT2D eigenvalue weighted by molar-refractivity contribution is 0.0909. The number of benzene rings is 1. The number of sulfonamides is 1. The highest BCUT2D eigenvalue weighted by Gasteiger charge is 2.25. The topological polar surface area (TPSA) is 89.3 Å². The zero-order valence-corrected chi connectivity index (χ0v) is 14.4. The molecular weight excluding hydrogens is 335 g/mol. The van der Waals surface area contributed by atoms with E-state index in [0.29, 0.717) is 0 Å². The van der Waals surface area contributed by atoms with Crippen LogP contribution in [0.2, 0.25) is 10.0 Å². The minimum atomic E-state index is -4.06. The Balaban J connectivity index is 3.26. The number of rotatable bonds is 5. The van der Waals surface area contributed by atoms with Crippen molar-refractivity contribution in [3.8, 4) is 0 Å². The lowest BCUT2D eigenvalue weighted by Gasteiger charge is -2.26. The Morgan fingerprint density at radius 1 is 1.33 bits per heavy atom. The number of nitrogens with two attached hydrogens (primary N) is 1. The maximum Gasteiger partial charge on any atom is 0.253 e. The van der Waals surface area contributed by atoms with Gasteiger partial charge in [-0.15, -0.1) is 0 Å². The lowest BCUT2D eigenvalue weighted by atomic mass is 9.98. The van der Waals surface area contributed by atoms with Crippen LogP contribution >= 0.6 is 23.2 Å². The fourth-order valence-electron chi connectivity index (χ4n) is 2.00. The van der Waals surface area contributed by atoms with Crippen molar-refractivity contribution < 1.29 is 13.2 Å². The smallest absolute Gasteiger partial charge is 0.253 e. The van der Waals surface area contributed by atoms with Crippen molar-refractivity contribution in [1.29, 1.82) is 0 Å². The molecule has 0 aliphatic carbocycles. The third-order valence-electron chi connectivity index (χ3n) is 2.88. The van der Waals surface area contributed by atoms with Gasteiger partial charge >= 0.3 is 0 Å². The largest absolute Gasteiger partial charge is 0.347 e. The molecule has 0 saturated carbocycles. The molecule has 0 unspecified atom stereocenters. The molecule has 0 radical (unpaired) electrons. The first kappa shape index (κ1) is 18.2. The average molecular weight is 353 g/mol. The summed E-state index contributed by atoms with van der Waals surface area (Å²) in [5, 5.41) is 7.71. The van der Waals surface area contributed by atoms with E-state index in [2.05, 4.69) is 5.32 Å². The van der Waals surface area contributed by atoms with E-state index in [9.17, 15) is 13.2 Å². The Morgan fingerprint density at radius 2 is 1.90 bits per heavy atom. The standard InChI is InChI=1S/C13H18Cl2N2O3S/c1-4-5-13(2,3)17-12(18)9-6-8(14)7-10(11(9)15)21(16,19)20/h6-7H,4-5H2,1-3H3,(H,17,18)(H2,16,19,20). The number of amides is 1. The van der Waals surface area contributed by atoms with Crippen LogP contribution in [0.4, 0.5) is 0 Å². The van der Waals surface area contributed by atoms with Crippen LogP contribution in [0.1, 0.15) is 44.0 Å². The molecule has 0 atom stereocenters. The van der Waals surface area contributed by atoms with Gasteiger partial charge in [-0.1, -0.05) is 36.5 Å². The van der Waals surface area contributed by atoms with E-state index in [4.69, 9.17) is 28.3 Å². The molecular formula is C13H18Cl2N2O3S. The van der Waals surface area contributed by atoms with Crippen molar-refractivity contribution in [1.82, 2.24) is 5.32 Å². The summed E-state index contributed by atoms with van der Waals surface area (Å²) in [6, 6.07) is 2.43.